The van der Waals surface area contributed by atoms with E-state index in [2.05, 4.69) is 53.7 Å². The Labute approximate surface area is 131 Å². The second-order valence-electron chi connectivity index (χ2n) is 6.26. The van der Waals surface area contributed by atoms with Crippen molar-refractivity contribution in [1.29, 1.82) is 0 Å². The van der Waals surface area contributed by atoms with Crippen LogP contribution in [0.15, 0.2) is 24.3 Å². The lowest BCUT2D eigenvalue weighted by molar-refractivity contribution is -0.327. The Kier molecular flexibility index (Phi) is 4.27. The van der Waals surface area contributed by atoms with Crippen LogP contribution in [0.4, 0.5) is 5.82 Å². The van der Waals surface area contributed by atoms with Crippen LogP contribution in [-0.2, 0) is 4.79 Å². The van der Waals surface area contributed by atoms with Gasteiger partial charge >= 0.3 is 0 Å². The average molecular weight is 298 g/mol. The number of rotatable bonds is 5. The summed E-state index contributed by atoms with van der Waals surface area (Å²) in [6.07, 6.45) is 3.30. The first-order valence-corrected chi connectivity index (χ1v) is 8.08. The number of anilines is 1. The van der Waals surface area contributed by atoms with Crippen molar-refractivity contribution >= 4 is 22.6 Å². The van der Waals surface area contributed by atoms with Gasteiger partial charge in [-0.1, -0.05) is 18.6 Å². The number of aromatic nitrogens is 1. The van der Waals surface area contributed by atoms with Gasteiger partial charge in [-0.25, -0.2) is 4.98 Å². The van der Waals surface area contributed by atoms with Crippen LogP contribution in [0, 0.1) is 19.8 Å². The zero-order valence-corrected chi connectivity index (χ0v) is 13.3. The molecule has 0 atom stereocenters. The maximum absolute atomic E-state index is 11.8. The average Bonchev–Trinajstić information content (AvgIpc) is 2.42. The first-order valence-electron chi connectivity index (χ1n) is 8.08. The summed E-state index contributed by atoms with van der Waals surface area (Å²) in [6.45, 7) is 5.57. The monoisotopic (exact) mass is 298 g/mol. The van der Waals surface area contributed by atoms with Gasteiger partial charge in [-0.2, -0.15) is 0 Å². The van der Waals surface area contributed by atoms with Crippen LogP contribution in [0.5, 0.6) is 0 Å². The van der Waals surface area contributed by atoms with Gasteiger partial charge in [0.25, 0.3) is 5.82 Å². The molecule has 1 amide bonds. The maximum atomic E-state index is 11.8. The summed E-state index contributed by atoms with van der Waals surface area (Å²) in [4.78, 5) is 15.2. The van der Waals surface area contributed by atoms with Crippen molar-refractivity contribution in [3.63, 3.8) is 0 Å². The quantitative estimate of drug-likeness (QED) is 0.834. The number of aryl methyl sites for hydroxylation is 2. The molecule has 1 aromatic carbocycles. The lowest BCUT2D eigenvalue weighted by atomic mass is 9.85. The number of carbonyl (C=O) groups is 1. The Morgan fingerprint density at radius 2 is 2.05 bits per heavy atom. The molecule has 1 saturated carbocycles. The predicted octanol–water partition coefficient (Wildman–Crippen LogP) is 2.60. The zero-order chi connectivity index (χ0) is 15.5. The summed E-state index contributed by atoms with van der Waals surface area (Å²) < 4.78 is 0. The van der Waals surface area contributed by atoms with Crippen LogP contribution >= 0.6 is 0 Å². The van der Waals surface area contributed by atoms with Gasteiger partial charge in [-0.05, 0) is 44.4 Å². The summed E-state index contributed by atoms with van der Waals surface area (Å²) in [5.74, 6) is 1.50. The van der Waals surface area contributed by atoms with Crippen molar-refractivity contribution in [2.24, 2.45) is 5.92 Å². The summed E-state index contributed by atoms with van der Waals surface area (Å²) in [5, 5.41) is 7.60. The molecular weight excluding hydrogens is 274 g/mol. The van der Waals surface area contributed by atoms with E-state index in [4.69, 9.17) is 0 Å². The van der Waals surface area contributed by atoms with E-state index in [1.165, 1.54) is 22.9 Å². The van der Waals surface area contributed by atoms with Crippen LogP contribution in [0.3, 0.4) is 0 Å². The molecule has 22 heavy (non-hydrogen) atoms. The topological polar surface area (TPSA) is 55.3 Å². The Bertz CT molecular complexity index is 692. The van der Waals surface area contributed by atoms with Crippen molar-refractivity contribution < 1.29 is 9.78 Å². The Morgan fingerprint density at radius 3 is 2.77 bits per heavy atom. The molecule has 116 valence electrons. The third-order valence-corrected chi connectivity index (χ3v) is 4.44. The van der Waals surface area contributed by atoms with Crippen molar-refractivity contribution in [3.05, 3.63) is 35.4 Å². The summed E-state index contributed by atoms with van der Waals surface area (Å²) >= 11 is 0. The molecule has 1 heterocycles. The molecule has 0 spiro atoms. The first-order chi connectivity index (χ1) is 10.6. The van der Waals surface area contributed by atoms with Gasteiger partial charge in [0.1, 0.15) is 12.1 Å². The molecule has 2 aromatic rings. The molecule has 1 aliphatic rings. The minimum Gasteiger partial charge on any atom is -0.352 e. The second kappa shape index (κ2) is 6.34. The number of hydrogen-bond acceptors (Lipinski definition) is 2. The molecule has 4 heteroatoms. The van der Waals surface area contributed by atoms with E-state index < -0.39 is 0 Å². The number of carbonyl (C=O) groups excluding carboxylic acids is 1. The molecule has 0 radical (unpaired) electrons. The van der Waals surface area contributed by atoms with Gasteiger partial charge in [0.15, 0.2) is 0 Å². The van der Waals surface area contributed by atoms with Gasteiger partial charge in [0, 0.05) is 16.9 Å². The molecule has 0 aliphatic heterocycles. The van der Waals surface area contributed by atoms with Gasteiger partial charge < -0.3 is 5.32 Å². The largest absolute Gasteiger partial charge is 0.352 e. The number of hydrogen-bond donors (Lipinski definition) is 2. The second-order valence-corrected chi connectivity index (χ2v) is 6.26. The number of H-pyrrole nitrogens is 1. The smallest absolute Gasteiger partial charge is 0.275 e. The summed E-state index contributed by atoms with van der Waals surface area (Å²) in [5.41, 5.74) is 3.56. The highest BCUT2D eigenvalue weighted by Crippen LogP contribution is 2.26. The van der Waals surface area contributed by atoms with Crippen LogP contribution in [0.1, 0.15) is 30.4 Å². The highest BCUT2D eigenvalue weighted by molar-refractivity contribution is 5.79. The van der Waals surface area contributed by atoms with E-state index in [1.54, 1.807) is 0 Å². The predicted molar refractivity (Wildman–Crippen MR) is 88.8 cm³/mol. The van der Waals surface area contributed by atoms with Crippen molar-refractivity contribution in [2.75, 3.05) is 18.4 Å². The molecule has 0 bridgehead atoms. The van der Waals surface area contributed by atoms with E-state index in [-0.39, 0.29) is 11.8 Å². The molecule has 1 aliphatic carbocycles. The number of aromatic amines is 1. The highest BCUT2D eigenvalue weighted by atomic mass is 16.1. The van der Waals surface area contributed by atoms with Crippen LogP contribution < -0.4 is 15.6 Å². The first kappa shape index (κ1) is 14.8. The van der Waals surface area contributed by atoms with Gasteiger partial charge in [-0.3, -0.25) is 10.1 Å². The molecule has 0 unspecified atom stereocenters. The highest BCUT2D eigenvalue weighted by Gasteiger charge is 2.24. The van der Waals surface area contributed by atoms with E-state index in [9.17, 15) is 4.79 Å². The lowest BCUT2D eigenvalue weighted by Gasteiger charge is -2.23. The van der Waals surface area contributed by atoms with Gasteiger partial charge in [-0.15, -0.1) is 0 Å². The van der Waals surface area contributed by atoms with Gasteiger partial charge in [0.2, 0.25) is 5.91 Å². The molecular formula is C18H24N3O+. The molecule has 4 nitrogen and oxygen atoms in total. The number of fused-ring (bicyclic) bond motifs is 1. The van der Waals surface area contributed by atoms with E-state index >= 15 is 0 Å². The Balaban J connectivity index is 1.58. The minimum absolute atomic E-state index is 0.211. The van der Waals surface area contributed by atoms with E-state index in [0.29, 0.717) is 6.54 Å². The SMILES string of the molecule is Cc1ccc2cc(C)c(NCCNC(=O)C3CCC3)[nH+]c2c1. The minimum atomic E-state index is 0.211. The third kappa shape index (κ3) is 3.21. The zero-order valence-electron chi connectivity index (χ0n) is 13.3. The van der Waals surface area contributed by atoms with E-state index in [0.717, 1.165) is 30.7 Å². The lowest BCUT2D eigenvalue weighted by Crippen LogP contribution is -2.37. The maximum Gasteiger partial charge on any atom is 0.275 e. The molecule has 3 N–H and O–H groups in total. The van der Waals surface area contributed by atoms with Gasteiger partial charge in [0.05, 0.1) is 6.54 Å². The summed E-state index contributed by atoms with van der Waals surface area (Å²) in [7, 11) is 0. The fraction of sp³-hybridized carbons (Fsp3) is 0.444. The Morgan fingerprint density at radius 1 is 1.23 bits per heavy atom. The normalized spacial score (nSPS) is 14.6. The van der Waals surface area contributed by atoms with Crippen molar-refractivity contribution in [1.82, 2.24) is 5.32 Å². The molecule has 1 fully saturated rings. The Hall–Kier alpha value is -2.10. The third-order valence-electron chi connectivity index (χ3n) is 4.44. The number of pyridine rings is 1. The fourth-order valence-electron chi connectivity index (χ4n) is 2.81. The fourth-order valence-corrected chi connectivity index (χ4v) is 2.81. The van der Waals surface area contributed by atoms with Crippen LogP contribution in [0.25, 0.3) is 10.9 Å². The van der Waals surface area contributed by atoms with Crippen LogP contribution in [0.2, 0.25) is 0 Å². The van der Waals surface area contributed by atoms with Crippen LogP contribution in [-0.4, -0.2) is 19.0 Å². The standard InChI is InChI=1S/C18H23N3O/c1-12-6-7-15-11-13(2)17(21-16(15)10-12)19-8-9-20-18(22)14-4-3-5-14/h6-7,10-11,14H,3-5,8-9H2,1-2H3,(H,19,21)(H,20,22)/p+1. The van der Waals surface area contributed by atoms with Crippen molar-refractivity contribution in [3.8, 4) is 0 Å². The molecule has 0 saturated heterocycles. The number of nitrogens with one attached hydrogen (secondary N) is 3. The number of benzene rings is 1. The molecule has 1 aromatic heterocycles. The molecule has 3 rings (SSSR count). The van der Waals surface area contributed by atoms with Crippen molar-refractivity contribution in [2.45, 2.75) is 33.1 Å². The summed E-state index contributed by atoms with van der Waals surface area (Å²) in [6, 6.07) is 8.59. The van der Waals surface area contributed by atoms with E-state index in [1.807, 2.05) is 0 Å². The number of amides is 1.